The van der Waals surface area contributed by atoms with Crippen molar-refractivity contribution in [1.29, 1.82) is 0 Å². The van der Waals surface area contributed by atoms with Crippen molar-refractivity contribution in [3.63, 3.8) is 0 Å². The third-order valence-electron chi connectivity index (χ3n) is 2.99. The molecule has 0 unspecified atom stereocenters. The Kier molecular flexibility index (Phi) is 4.49. The number of thiazole rings is 1. The molecule has 0 bridgehead atoms. The first-order valence-electron chi connectivity index (χ1n) is 5.82. The summed E-state index contributed by atoms with van der Waals surface area (Å²) in [5.74, 6) is 2.12. The fourth-order valence-corrected chi connectivity index (χ4v) is 4.22. The smallest absolute Gasteiger partial charge is 0.181 e. The van der Waals surface area contributed by atoms with Gasteiger partial charge in [-0.3, -0.25) is 0 Å². The van der Waals surface area contributed by atoms with Gasteiger partial charge in [0.25, 0.3) is 0 Å². The van der Waals surface area contributed by atoms with Gasteiger partial charge in [-0.1, -0.05) is 11.3 Å². The molecule has 2 rings (SSSR count). The third kappa shape index (κ3) is 3.37. The number of aromatic nitrogens is 1. The van der Waals surface area contributed by atoms with Gasteiger partial charge in [0.1, 0.15) is 0 Å². The van der Waals surface area contributed by atoms with Crippen LogP contribution in [0, 0.1) is 12.8 Å². The molecule has 0 aliphatic carbocycles. The van der Waals surface area contributed by atoms with E-state index in [1.165, 1.54) is 42.3 Å². The van der Waals surface area contributed by atoms with Gasteiger partial charge in [-0.15, -0.1) is 11.8 Å². The monoisotopic (exact) mass is 257 g/mol. The molecule has 0 aromatic carbocycles. The molecule has 1 aliphatic rings. The Morgan fingerprint density at radius 1 is 1.50 bits per heavy atom. The van der Waals surface area contributed by atoms with Crippen LogP contribution < -0.4 is 11.1 Å². The second kappa shape index (κ2) is 5.89. The first kappa shape index (κ1) is 12.2. The zero-order chi connectivity index (χ0) is 11.4. The zero-order valence-corrected chi connectivity index (χ0v) is 11.3. The summed E-state index contributed by atoms with van der Waals surface area (Å²) in [5, 5.41) is 4.10. The topological polar surface area (TPSA) is 50.9 Å². The average Bonchev–Trinajstić information content (AvgIpc) is 2.59. The summed E-state index contributed by atoms with van der Waals surface area (Å²) < 4.78 is 1.30. The number of hydrogen-bond acceptors (Lipinski definition) is 5. The predicted octanol–water partition coefficient (Wildman–Crippen LogP) is 2.52. The van der Waals surface area contributed by atoms with Crippen LogP contribution in [-0.4, -0.2) is 23.8 Å². The normalized spacial score (nSPS) is 17.8. The van der Waals surface area contributed by atoms with Crippen LogP contribution in [0.15, 0.2) is 4.21 Å². The molecule has 16 heavy (non-hydrogen) atoms. The second-order valence-corrected chi connectivity index (χ2v) is 6.65. The van der Waals surface area contributed by atoms with E-state index in [-0.39, 0.29) is 0 Å². The maximum Gasteiger partial charge on any atom is 0.181 e. The molecule has 1 saturated heterocycles. The van der Waals surface area contributed by atoms with Crippen LogP contribution in [-0.2, 0) is 0 Å². The molecule has 0 radical (unpaired) electrons. The number of anilines is 1. The average molecular weight is 257 g/mol. The number of nitrogens with one attached hydrogen (secondary N) is 1. The van der Waals surface area contributed by atoms with Gasteiger partial charge in [-0.2, -0.15) is 0 Å². The highest BCUT2D eigenvalue weighted by atomic mass is 32.2. The van der Waals surface area contributed by atoms with E-state index in [0.717, 1.165) is 11.6 Å². The van der Waals surface area contributed by atoms with Crippen LogP contribution in [0.2, 0.25) is 0 Å². The lowest BCUT2D eigenvalue weighted by Gasteiger charge is -2.22. The van der Waals surface area contributed by atoms with E-state index in [4.69, 9.17) is 5.73 Å². The molecule has 90 valence electrons. The summed E-state index contributed by atoms with van der Waals surface area (Å²) in [5.41, 5.74) is 6.77. The molecule has 1 fully saturated rings. The van der Waals surface area contributed by atoms with Crippen molar-refractivity contribution in [3.05, 3.63) is 5.69 Å². The standard InChI is InChI=1S/C11H19N3S2/c1-8-10(16-11(12)14-8)15-7-4-9-2-5-13-6-3-9/h9,13H,2-7H2,1H3,(H2,12,14). The van der Waals surface area contributed by atoms with Gasteiger partial charge in [-0.05, 0) is 50.9 Å². The Morgan fingerprint density at radius 3 is 2.88 bits per heavy atom. The van der Waals surface area contributed by atoms with Gasteiger partial charge in [-0.25, -0.2) is 4.98 Å². The van der Waals surface area contributed by atoms with E-state index in [1.54, 1.807) is 11.3 Å². The molecule has 1 aromatic heterocycles. The third-order valence-corrected chi connectivity index (χ3v) is 5.37. The summed E-state index contributed by atoms with van der Waals surface area (Å²) in [6.07, 6.45) is 4.00. The largest absolute Gasteiger partial charge is 0.375 e. The number of rotatable bonds is 4. The number of hydrogen-bond donors (Lipinski definition) is 2. The number of nitrogen functional groups attached to an aromatic ring is 1. The van der Waals surface area contributed by atoms with E-state index in [1.807, 2.05) is 18.7 Å². The Bertz CT molecular complexity index is 332. The van der Waals surface area contributed by atoms with Crippen molar-refractivity contribution in [2.24, 2.45) is 5.92 Å². The van der Waals surface area contributed by atoms with Gasteiger partial charge in [0.2, 0.25) is 0 Å². The van der Waals surface area contributed by atoms with Crippen molar-refractivity contribution < 1.29 is 0 Å². The number of nitrogens with two attached hydrogens (primary N) is 1. The summed E-state index contributed by atoms with van der Waals surface area (Å²) in [6, 6.07) is 0. The van der Waals surface area contributed by atoms with Crippen molar-refractivity contribution >= 4 is 28.2 Å². The minimum atomic E-state index is 0.696. The van der Waals surface area contributed by atoms with E-state index in [2.05, 4.69) is 10.3 Å². The fraction of sp³-hybridized carbons (Fsp3) is 0.727. The second-order valence-electron chi connectivity index (χ2n) is 4.26. The van der Waals surface area contributed by atoms with Gasteiger partial charge in [0.05, 0.1) is 9.90 Å². The van der Waals surface area contributed by atoms with Crippen LogP contribution in [0.3, 0.4) is 0 Å². The minimum Gasteiger partial charge on any atom is -0.375 e. The van der Waals surface area contributed by atoms with E-state index in [0.29, 0.717) is 5.13 Å². The number of thioether (sulfide) groups is 1. The van der Waals surface area contributed by atoms with Crippen LogP contribution in [0.5, 0.6) is 0 Å². The Morgan fingerprint density at radius 2 is 2.25 bits per heavy atom. The van der Waals surface area contributed by atoms with Crippen molar-refractivity contribution in [3.8, 4) is 0 Å². The van der Waals surface area contributed by atoms with Crippen LogP contribution in [0.4, 0.5) is 5.13 Å². The summed E-state index contributed by atoms with van der Waals surface area (Å²) >= 11 is 3.54. The van der Waals surface area contributed by atoms with Crippen LogP contribution in [0.25, 0.3) is 0 Å². The molecule has 1 aliphatic heterocycles. The van der Waals surface area contributed by atoms with Crippen LogP contribution in [0.1, 0.15) is 25.0 Å². The molecule has 3 N–H and O–H groups in total. The van der Waals surface area contributed by atoms with Gasteiger partial charge in [0, 0.05) is 0 Å². The van der Waals surface area contributed by atoms with Crippen molar-refractivity contribution in [1.82, 2.24) is 10.3 Å². The van der Waals surface area contributed by atoms with Crippen molar-refractivity contribution in [2.75, 3.05) is 24.6 Å². The molecule has 2 heterocycles. The zero-order valence-electron chi connectivity index (χ0n) is 9.66. The Hall–Kier alpha value is -0.260. The van der Waals surface area contributed by atoms with E-state index < -0.39 is 0 Å². The number of aryl methyl sites for hydroxylation is 1. The molecular weight excluding hydrogens is 238 g/mol. The van der Waals surface area contributed by atoms with Gasteiger partial charge < -0.3 is 11.1 Å². The predicted molar refractivity (Wildman–Crippen MR) is 72.2 cm³/mol. The van der Waals surface area contributed by atoms with E-state index >= 15 is 0 Å². The lowest BCUT2D eigenvalue weighted by molar-refractivity contribution is 0.367. The van der Waals surface area contributed by atoms with Gasteiger partial charge >= 0.3 is 0 Å². The molecule has 1 aromatic rings. The first-order chi connectivity index (χ1) is 7.75. The quantitative estimate of drug-likeness (QED) is 0.814. The molecule has 0 saturated carbocycles. The molecule has 5 heteroatoms. The first-order valence-corrected chi connectivity index (χ1v) is 7.62. The maximum absolute atomic E-state index is 5.68. The number of piperidine rings is 1. The molecule has 3 nitrogen and oxygen atoms in total. The molecule has 0 spiro atoms. The minimum absolute atomic E-state index is 0.696. The highest BCUT2D eigenvalue weighted by molar-refractivity contribution is 8.01. The Labute approximate surface area is 105 Å². The van der Waals surface area contributed by atoms with E-state index in [9.17, 15) is 0 Å². The lowest BCUT2D eigenvalue weighted by atomic mass is 9.96. The van der Waals surface area contributed by atoms with Crippen LogP contribution >= 0.6 is 23.1 Å². The Balaban J connectivity index is 1.73. The maximum atomic E-state index is 5.68. The highest BCUT2D eigenvalue weighted by Gasteiger charge is 2.13. The lowest BCUT2D eigenvalue weighted by Crippen LogP contribution is -2.27. The summed E-state index contributed by atoms with van der Waals surface area (Å²) in [4.78, 5) is 4.24. The molecule has 0 atom stereocenters. The van der Waals surface area contributed by atoms with Gasteiger partial charge in [0.15, 0.2) is 5.13 Å². The fourth-order valence-electron chi connectivity index (χ4n) is 2.03. The molecular formula is C11H19N3S2. The molecule has 0 amide bonds. The summed E-state index contributed by atoms with van der Waals surface area (Å²) in [6.45, 7) is 4.43. The highest BCUT2D eigenvalue weighted by Crippen LogP contribution is 2.32. The summed E-state index contributed by atoms with van der Waals surface area (Å²) in [7, 11) is 0. The SMILES string of the molecule is Cc1nc(N)sc1SCCC1CCNCC1. The number of nitrogens with zero attached hydrogens (tertiary/aromatic N) is 1. The van der Waals surface area contributed by atoms with Crippen molar-refractivity contribution in [2.45, 2.75) is 30.4 Å².